The highest BCUT2D eigenvalue weighted by molar-refractivity contribution is 7.85. The number of thiazole rings is 1. The number of fused-ring (bicyclic) bond motifs is 2. The average Bonchev–Trinajstić information content (AvgIpc) is 3.38. The summed E-state index contributed by atoms with van der Waals surface area (Å²) >= 11 is 15.1. The Kier molecular flexibility index (Phi) is 7.74. The molecule has 0 spiro atoms. The van der Waals surface area contributed by atoms with Gasteiger partial charge in [0.25, 0.3) is 9.84 Å². The van der Waals surface area contributed by atoms with Gasteiger partial charge in [-0.3, -0.25) is 0 Å². The summed E-state index contributed by atoms with van der Waals surface area (Å²) in [6, 6.07) is 6.95. The van der Waals surface area contributed by atoms with Gasteiger partial charge in [-0.05, 0) is 42.7 Å². The number of carboxylic acid groups (broad SMARTS) is 1. The SMILES string of the molecule is CCC(=Cc1sc2cc(Cl)sc2[n+]1CC(=O)O)C=C1Oc2ccc(Cl)cc2N1CCCS(=O)(=O)[O-]. The maximum atomic E-state index is 11.5. The van der Waals surface area contributed by atoms with Gasteiger partial charge >= 0.3 is 5.97 Å². The van der Waals surface area contributed by atoms with Gasteiger partial charge in [-0.1, -0.05) is 52.8 Å². The minimum absolute atomic E-state index is 0.115. The van der Waals surface area contributed by atoms with E-state index < -0.39 is 21.8 Å². The van der Waals surface area contributed by atoms with Crippen molar-refractivity contribution in [2.45, 2.75) is 26.3 Å². The summed E-state index contributed by atoms with van der Waals surface area (Å²) in [6.45, 7) is 2.00. The third-order valence-electron chi connectivity index (χ3n) is 5.16. The maximum absolute atomic E-state index is 11.5. The van der Waals surface area contributed by atoms with E-state index in [1.54, 1.807) is 27.7 Å². The molecule has 0 amide bonds. The van der Waals surface area contributed by atoms with Crippen molar-refractivity contribution in [2.24, 2.45) is 0 Å². The predicted octanol–water partition coefficient (Wildman–Crippen LogP) is 5.11. The van der Waals surface area contributed by atoms with Crippen molar-refractivity contribution in [1.82, 2.24) is 0 Å². The van der Waals surface area contributed by atoms with Gasteiger partial charge in [0, 0.05) is 29.5 Å². The molecule has 2 aromatic heterocycles. The van der Waals surface area contributed by atoms with Gasteiger partial charge in [0.2, 0.25) is 12.4 Å². The van der Waals surface area contributed by atoms with Gasteiger partial charge in [0.05, 0.1) is 15.8 Å². The molecule has 186 valence electrons. The fraction of sp³-hybridized carbons (Fsp3) is 0.273. The van der Waals surface area contributed by atoms with Crippen molar-refractivity contribution >= 4 is 83.3 Å². The molecule has 1 aromatic carbocycles. The lowest BCUT2D eigenvalue weighted by atomic mass is 10.2. The quantitative estimate of drug-likeness (QED) is 0.279. The highest BCUT2D eigenvalue weighted by Crippen LogP contribution is 2.41. The molecular formula is C22H20Cl2N2O6S3. The lowest BCUT2D eigenvalue weighted by molar-refractivity contribution is -0.655. The standard InChI is InChI=1S/C22H20Cl2N2O6S3/c1-2-13(9-20-26(12-21(27)28)22-17(33-20)11-18(24)34-22)8-19-25(6-3-7-35(29,30)31)15-10-14(23)4-5-16(15)32-19/h4-5,8-11H,2-3,6-7,12H2,1H3,(H-,27,28,29,30,31). The molecule has 0 unspecified atom stereocenters. The lowest BCUT2D eigenvalue weighted by Crippen LogP contribution is -2.38. The van der Waals surface area contributed by atoms with Crippen LogP contribution in [0.3, 0.4) is 0 Å². The molecule has 0 bridgehead atoms. The van der Waals surface area contributed by atoms with Crippen molar-refractivity contribution in [2.75, 3.05) is 17.2 Å². The Hall–Kier alpha value is -2.15. The number of carbonyl (C=O) groups is 1. The molecule has 4 rings (SSSR count). The first kappa shape index (κ1) is 25.9. The third kappa shape index (κ3) is 6.16. The Morgan fingerprint density at radius 1 is 1.29 bits per heavy atom. The van der Waals surface area contributed by atoms with Crippen LogP contribution in [0.15, 0.2) is 41.8 Å². The van der Waals surface area contributed by atoms with Crippen molar-refractivity contribution < 1.29 is 32.2 Å². The Morgan fingerprint density at radius 2 is 2.06 bits per heavy atom. The number of carboxylic acids is 1. The first-order valence-corrected chi connectivity index (χ1v) is 14.4. The van der Waals surface area contributed by atoms with E-state index in [0.29, 0.717) is 33.1 Å². The van der Waals surface area contributed by atoms with Crippen molar-refractivity contribution in [3.05, 3.63) is 56.2 Å². The number of benzene rings is 1. The van der Waals surface area contributed by atoms with Crippen LogP contribution in [0.4, 0.5) is 5.69 Å². The maximum Gasteiger partial charge on any atom is 0.370 e. The van der Waals surface area contributed by atoms with E-state index in [9.17, 15) is 22.9 Å². The van der Waals surface area contributed by atoms with Crippen LogP contribution < -0.4 is 14.2 Å². The van der Waals surface area contributed by atoms with Gasteiger partial charge in [-0.15, -0.1) is 0 Å². The summed E-state index contributed by atoms with van der Waals surface area (Å²) in [5.41, 5.74) is 1.54. The van der Waals surface area contributed by atoms with Crippen LogP contribution >= 0.6 is 45.9 Å². The van der Waals surface area contributed by atoms with Crippen molar-refractivity contribution in [3.63, 3.8) is 0 Å². The summed E-state index contributed by atoms with van der Waals surface area (Å²) in [5.74, 6) is -0.429. The zero-order chi connectivity index (χ0) is 25.3. The highest BCUT2D eigenvalue weighted by Gasteiger charge is 2.28. The molecule has 8 nitrogen and oxygen atoms in total. The van der Waals surface area contributed by atoms with E-state index in [0.717, 1.165) is 20.1 Å². The molecule has 0 aliphatic carbocycles. The largest absolute Gasteiger partial charge is 0.748 e. The fourth-order valence-electron chi connectivity index (χ4n) is 3.63. The number of allylic oxidation sites excluding steroid dienone is 2. The van der Waals surface area contributed by atoms with Crippen molar-refractivity contribution in [3.8, 4) is 5.75 Å². The van der Waals surface area contributed by atoms with Crippen LogP contribution in [0, 0.1) is 0 Å². The zero-order valence-electron chi connectivity index (χ0n) is 18.4. The molecule has 0 radical (unpaired) electrons. The monoisotopic (exact) mass is 574 g/mol. The lowest BCUT2D eigenvalue weighted by Gasteiger charge is -2.19. The molecule has 0 atom stereocenters. The average molecular weight is 576 g/mol. The van der Waals surface area contributed by atoms with E-state index in [1.807, 2.05) is 25.1 Å². The van der Waals surface area contributed by atoms with Crippen LogP contribution in [0.5, 0.6) is 5.75 Å². The number of anilines is 1. The highest BCUT2D eigenvalue weighted by atomic mass is 35.5. The smallest absolute Gasteiger partial charge is 0.370 e. The van der Waals surface area contributed by atoms with Crippen LogP contribution in [-0.2, 0) is 21.5 Å². The summed E-state index contributed by atoms with van der Waals surface area (Å²) in [4.78, 5) is 14.1. The molecule has 1 N–H and O–H groups in total. The first-order chi connectivity index (χ1) is 16.5. The fourth-order valence-corrected chi connectivity index (χ4v) is 6.93. The van der Waals surface area contributed by atoms with Gasteiger partial charge in [0.1, 0.15) is 9.04 Å². The van der Waals surface area contributed by atoms with E-state index in [1.165, 1.54) is 22.7 Å². The van der Waals surface area contributed by atoms with Gasteiger partial charge in [0.15, 0.2) is 5.75 Å². The molecular weight excluding hydrogens is 555 g/mol. The molecule has 1 aliphatic heterocycles. The van der Waals surface area contributed by atoms with Crippen LogP contribution in [0.1, 0.15) is 24.8 Å². The van der Waals surface area contributed by atoms with Crippen LogP contribution in [-0.4, -0.2) is 36.3 Å². The molecule has 35 heavy (non-hydrogen) atoms. The molecule has 0 saturated heterocycles. The van der Waals surface area contributed by atoms with Crippen molar-refractivity contribution in [1.29, 1.82) is 0 Å². The summed E-state index contributed by atoms with van der Waals surface area (Å²) < 4.78 is 42.5. The topological polar surface area (TPSA) is 111 Å². The number of nitrogens with zero attached hydrogens (tertiary/aromatic N) is 2. The number of hydrogen-bond acceptors (Lipinski definition) is 8. The van der Waals surface area contributed by atoms with Crippen LogP contribution in [0.2, 0.25) is 9.36 Å². The number of halogens is 2. The Morgan fingerprint density at radius 3 is 2.74 bits per heavy atom. The van der Waals surface area contributed by atoms with Gasteiger partial charge in [-0.2, -0.15) is 4.57 Å². The molecule has 0 fully saturated rings. The number of aromatic nitrogens is 1. The Bertz CT molecular complexity index is 1460. The first-order valence-electron chi connectivity index (χ1n) is 10.5. The van der Waals surface area contributed by atoms with Gasteiger partial charge < -0.3 is 19.3 Å². The van der Waals surface area contributed by atoms with E-state index in [-0.39, 0.29) is 19.5 Å². The summed E-state index contributed by atoms with van der Waals surface area (Å²) in [6.07, 6.45) is 4.46. The van der Waals surface area contributed by atoms with E-state index in [2.05, 4.69) is 0 Å². The van der Waals surface area contributed by atoms with E-state index >= 15 is 0 Å². The summed E-state index contributed by atoms with van der Waals surface area (Å²) in [7, 11) is -4.34. The second kappa shape index (κ2) is 10.5. The van der Waals surface area contributed by atoms with Crippen LogP contribution in [0.25, 0.3) is 15.6 Å². The number of hydrogen-bond donors (Lipinski definition) is 1. The number of ether oxygens (including phenoxy) is 1. The number of rotatable bonds is 9. The third-order valence-corrected chi connectivity index (χ3v) is 8.68. The normalized spacial score (nSPS) is 15.1. The minimum atomic E-state index is -4.34. The molecule has 3 heterocycles. The molecule has 1 aliphatic rings. The second-order valence-electron chi connectivity index (χ2n) is 7.68. The van der Waals surface area contributed by atoms with E-state index in [4.69, 9.17) is 27.9 Å². The molecule has 13 heteroatoms. The predicted molar refractivity (Wildman–Crippen MR) is 138 cm³/mol. The minimum Gasteiger partial charge on any atom is -0.748 e. The second-order valence-corrected chi connectivity index (χ2v) is 12.4. The summed E-state index contributed by atoms with van der Waals surface area (Å²) in [5, 5.41) is 10.7. The Balaban J connectivity index is 1.71. The number of aliphatic carboxylic acids is 1. The molecule has 0 saturated carbocycles. The van der Waals surface area contributed by atoms with Gasteiger partial charge in [-0.25, -0.2) is 13.2 Å². The number of thiophene rings is 1. The molecule has 3 aromatic rings. The zero-order valence-corrected chi connectivity index (χ0v) is 22.3. The Labute approximate surface area is 220 Å².